The Morgan fingerprint density at radius 3 is 2.15 bits per heavy atom. The monoisotopic (exact) mass is 190 g/mol. The van der Waals surface area contributed by atoms with E-state index in [4.69, 9.17) is 9.47 Å². The van der Waals surface area contributed by atoms with Gasteiger partial charge in [-0.05, 0) is 19.3 Å². The molecule has 1 aliphatic rings. The Morgan fingerprint density at radius 2 is 1.77 bits per heavy atom. The van der Waals surface area contributed by atoms with Gasteiger partial charge < -0.3 is 9.47 Å². The van der Waals surface area contributed by atoms with Gasteiger partial charge in [-0.1, -0.05) is 27.7 Å². The Balaban J connectivity index is 0. The van der Waals surface area contributed by atoms with Crippen LogP contribution in [0.5, 0.6) is 0 Å². The molecule has 1 heterocycles. The van der Waals surface area contributed by atoms with Gasteiger partial charge in [0.1, 0.15) is 0 Å². The smallest absolute Gasteiger partial charge is 0.0808 e. The van der Waals surface area contributed by atoms with E-state index in [2.05, 4.69) is 0 Å². The molecule has 1 atom stereocenters. The first-order valence-corrected chi connectivity index (χ1v) is 5.54. The van der Waals surface area contributed by atoms with Gasteiger partial charge >= 0.3 is 0 Å². The molecule has 0 spiro atoms. The first-order valence-electron chi connectivity index (χ1n) is 5.54. The minimum atomic E-state index is 0.378. The summed E-state index contributed by atoms with van der Waals surface area (Å²) in [7, 11) is 1.72. The highest BCUT2D eigenvalue weighted by Gasteiger charge is 2.12. The van der Waals surface area contributed by atoms with Gasteiger partial charge in [0.25, 0.3) is 0 Å². The molecular weight excluding hydrogens is 164 g/mol. The van der Waals surface area contributed by atoms with E-state index in [9.17, 15) is 0 Å². The van der Waals surface area contributed by atoms with Crippen molar-refractivity contribution in [1.29, 1.82) is 0 Å². The molecular formula is C11H26O2. The van der Waals surface area contributed by atoms with Crippen molar-refractivity contribution in [3.05, 3.63) is 0 Å². The Kier molecular flexibility index (Phi) is 17.1. The molecule has 0 aromatic rings. The quantitative estimate of drug-likeness (QED) is 0.665. The molecule has 1 fully saturated rings. The summed E-state index contributed by atoms with van der Waals surface area (Å²) in [5.41, 5.74) is 0. The molecule has 0 aliphatic carbocycles. The fraction of sp³-hybridized carbons (Fsp3) is 1.00. The van der Waals surface area contributed by atoms with Crippen molar-refractivity contribution in [2.24, 2.45) is 0 Å². The molecule has 1 aliphatic heterocycles. The highest BCUT2D eigenvalue weighted by molar-refractivity contribution is 4.61. The van der Waals surface area contributed by atoms with E-state index in [1.54, 1.807) is 7.11 Å². The second kappa shape index (κ2) is 14.4. The number of hydrogen-bond acceptors (Lipinski definition) is 2. The summed E-state index contributed by atoms with van der Waals surface area (Å²) in [4.78, 5) is 0. The van der Waals surface area contributed by atoms with E-state index in [-0.39, 0.29) is 0 Å². The van der Waals surface area contributed by atoms with Crippen LogP contribution < -0.4 is 0 Å². The minimum Gasteiger partial charge on any atom is -0.382 e. The van der Waals surface area contributed by atoms with Crippen molar-refractivity contribution in [1.82, 2.24) is 0 Å². The van der Waals surface area contributed by atoms with Crippen LogP contribution in [0.2, 0.25) is 0 Å². The highest BCUT2D eigenvalue weighted by Crippen LogP contribution is 2.11. The predicted molar refractivity (Wildman–Crippen MR) is 58.2 cm³/mol. The third kappa shape index (κ3) is 9.84. The van der Waals surface area contributed by atoms with Crippen LogP contribution in [-0.2, 0) is 9.47 Å². The second-order valence-electron chi connectivity index (χ2n) is 2.44. The summed E-state index contributed by atoms with van der Waals surface area (Å²) in [6, 6.07) is 0. The van der Waals surface area contributed by atoms with Crippen molar-refractivity contribution in [3.8, 4) is 0 Å². The van der Waals surface area contributed by atoms with Crippen molar-refractivity contribution in [2.45, 2.75) is 53.1 Å². The zero-order valence-corrected chi connectivity index (χ0v) is 9.93. The summed E-state index contributed by atoms with van der Waals surface area (Å²) in [6.45, 7) is 9.69. The van der Waals surface area contributed by atoms with Crippen molar-refractivity contribution in [2.75, 3.05) is 20.3 Å². The third-order valence-electron chi connectivity index (χ3n) is 1.63. The molecule has 0 saturated carbocycles. The van der Waals surface area contributed by atoms with Crippen LogP contribution in [0.3, 0.4) is 0 Å². The van der Waals surface area contributed by atoms with E-state index in [1.165, 1.54) is 19.3 Å². The number of rotatable bonds is 2. The summed E-state index contributed by atoms with van der Waals surface area (Å²) in [6.07, 6.45) is 4.07. The molecule has 1 unspecified atom stereocenters. The molecule has 0 radical (unpaired) electrons. The molecule has 1 saturated heterocycles. The van der Waals surface area contributed by atoms with Crippen LogP contribution in [0.25, 0.3) is 0 Å². The van der Waals surface area contributed by atoms with Crippen LogP contribution >= 0.6 is 0 Å². The largest absolute Gasteiger partial charge is 0.382 e. The number of methoxy groups -OCH3 is 1. The summed E-state index contributed by atoms with van der Waals surface area (Å²) >= 11 is 0. The van der Waals surface area contributed by atoms with Gasteiger partial charge in [-0.15, -0.1) is 0 Å². The van der Waals surface area contributed by atoms with Gasteiger partial charge in [-0.25, -0.2) is 0 Å². The maximum atomic E-state index is 5.39. The summed E-state index contributed by atoms with van der Waals surface area (Å²) in [5.74, 6) is 0. The molecule has 13 heavy (non-hydrogen) atoms. The first kappa shape index (κ1) is 15.4. The SMILES string of the molecule is CC.CC.COCC1CCCCO1. The Labute approximate surface area is 83.6 Å². The fourth-order valence-electron chi connectivity index (χ4n) is 1.12. The molecule has 1 rings (SSSR count). The molecule has 0 bridgehead atoms. The van der Waals surface area contributed by atoms with E-state index >= 15 is 0 Å². The summed E-state index contributed by atoms with van der Waals surface area (Å²) in [5, 5.41) is 0. The van der Waals surface area contributed by atoms with E-state index in [1.807, 2.05) is 27.7 Å². The third-order valence-corrected chi connectivity index (χ3v) is 1.63. The average Bonchev–Trinajstić information content (AvgIpc) is 2.26. The van der Waals surface area contributed by atoms with Crippen molar-refractivity contribution < 1.29 is 9.47 Å². The van der Waals surface area contributed by atoms with Gasteiger partial charge in [-0.2, -0.15) is 0 Å². The van der Waals surface area contributed by atoms with Gasteiger partial charge in [-0.3, -0.25) is 0 Å². The molecule has 0 amide bonds. The molecule has 0 aromatic heterocycles. The van der Waals surface area contributed by atoms with Gasteiger partial charge in [0.05, 0.1) is 12.7 Å². The molecule has 2 heteroatoms. The van der Waals surface area contributed by atoms with Crippen molar-refractivity contribution in [3.63, 3.8) is 0 Å². The van der Waals surface area contributed by atoms with E-state index in [0.29, 0.717) is 6.10 Å². The normalized spacial score (nSPS) is 20.5. The Morgan fingerprint density at radius 1 is 1.15 bits per heavy atom. The van der Waals surface area contributed by atoms with Gasteiger partial charge in [0, 0.05) is 13.7 Å². The van der Waals surface area contributed by atoms with E-state index < -0.39 is 0 Å². The van der Waals surface area contributed by atoms with Gasteiger partial charge in [0.2, 0.25) is 0 Å². The lowest BCUT2D eigenvalue weighted by molar-refractivity contribution is -0.0289. The van der Waals surface area contributed by atoms with Crippen LogP contribution in [0.4, 0.5) is 0 Å². The number of ether oxygens (including phenoxy) is 2. The molecule has 2 nitrogen and oxygen atoms in total. The molecule has 0 N–H and O–H groups in total. The van der Waals surface area contributed by atoms with Crippen LogP contribution in [-0.4, -0.2) is 26.4 Å². The lowest BCUT2D eigenvalue weighted by Gasteiger charge is -2.21. The fourth-order valence-corrected chi connectivity index (χ4v) is 1.12. The topological polar surface area (TPSA) is 18.5 Å². The zero-order valence-electron chi connectivity index (χ0n) is 9.93. The molecule has 82 valence electrons. The second-order valence-corrected chi connectivity index (χ2v) is 2.44. The van der Waals surface area contributed by atoms with Gasteiger partial charge in [0.15, 0.2) is 0 Å². The lowest BCUT2D eigenvalue weighted by Crippen LogP contribution is -2.23. The predicted octanol–water partition coefficient (Wildman–Crippen LogP) is 3.25. The Bertz CT molecular complexity index is 65.7. The van der Waals surface area contributed by atoms with Crippen LogP contribution in [0.15, 0.2) is 0 Å². The maximum Gasteiger partial charge on any atom is 0.0808 e. The van der Waals surface area contributed by atoms with E-state index in [0.717, 1.165) is 13.2 Å². The van der Waals surface area contributed by atoms with Crippen LogP contribution in [0, 0.1) is 0 Å². The van der Waals surface area contributed by atoms with Crippen molar-refractivity contribution >= 4 is 0 Å². The average molecular weight is 190 g/mol. The zero-order chi connectivity index (χ0) is 10.5. The number of hydrogen-bond donors (Lipinski definition) is 0. The molecule has 0 aromatic carbocycles. The first-order chi connectivity index (χ1) is 6.43. The highest BCUT2D eigenvalue weighted by atomic mass is 16.5. The summed E-state index contributed by atoms with van der Waals surface area (Å²) < 4.78 is 10.3. The minimum absolute atomic E-state index is 0.378. The maximum absolute atomic E-state index is 5.39. The standard InChI is InChI=1S/C7H14O2.2C2H6/c1-8-6-7-4-2-3-5-9-7;2*1-2/h7H,2-6H2,1H3;2*1-2H3. The lowest BCUT2D eigenvalue weighted by atomic mass is 10.1. The Hall–Kier alpha value is -0.0800. The van der Waals surface area contributed by atoms with Crippen LogP contribution in [0.1, 0.15) is 47.0 Å².